The van der Waals surface area contributed by atoms with Gasteiger partial charge in [0.05, 0.1) is 4.47 Å². The van der Waals surface area contributed by atoms with Gasteiger partial charge < -0.3 is 15.0 Å². The van der Waals surface area contributed by atoms with E-state index in [0.717, 1.165) is 36.8 Å². The third kappa shape index (κ3) is 8.05. The molecule has 2 amide bonds. The van der Waals surface area contributed by atoms with Crippen LogP contribution in [-0.2, 0) is 22.6 Å². The molecule has 8 heteroatoms. The molecule has 0 aliphatic heterocycles. The van der Waals surface area contributed by atoms with Crippen molar-refractivity contribution in [1.82, 2.24) is 10.2 Å². The number of hydrogen-bond acceptors (Lipinski definition) is 3. The van der Waals surface area contributed by atoms with Crippen LogP contribution < -0.4 is 10.1 Å². The van der Waals surface area contributed by atoms with Crippen LogP contribution in [0, 0.1) is 5.82 Å². The Kier molecular flexibility index (Phi) is 10.2. The van der Waals surface area contributed by atoms with Crippen LogP contribution in [0.5, 0.6) is 5.75 Å². The van der Waals surface area contributed by atoms with Crippen molar-refractivity contribution in [3.63, 3.8) is 0 Å². The van der Waals surface area contributed by atoms with Crippen LogP contribution in [0.3, 0.4) is 0 Å². The quantitative estimate of drug-likeness (QED) is 0.281. The van der Waals surface area contributed by atoms with Gasteiger partial charge in [0.2, 0.25) is 5.91 Å². The molecule has 0 aromatic heterocycles. The van der Waals surface area contributed by atoms with Crippen LogP contribution in [0.4, 0.5) is 4.39 Å². The average Bonchev–Trinajstić information content (AvgIpc) is 2.92. The number of nitrogens with zero attached hydrogens (tertiary/aromatic N) is 1. The molecule has 1 aliphatic carbocycles. The molecule has 0 radical (unpaired) electrons. The van der Waals surface area contributed by atoms with Gasteiger partial charge in [-0.15, -0.1) is 0 Å². The maximum absolute atomic E-state index is 13.7. The first-order valence-corrected chi connectivity index (χ1v) is 14.0. The maximum atomic E-state index is 13.7. The zero-order valence-corrected chi connectivity index (χ0v) is 23.4. The average molecular weight is 602 g/mol. The molecule has 1 N–H and O–H groups in total. The van der Waals surface area contributed by atoms with Crippen molar-refractivity contribution in [3.8, 4) is 5.75 Å². The maximum Gasteiger partial charge on any atom is 0.261 e. The normalized spacial score (nSPS) is 14.5. The Morgan fingerprint density at radius 1 is 1.00 bits per heavy atom. The Morgan fingerprint density at radius 2 is 1.71 bits per heavy atom. The second-order valence-electron chi connectivity index (χ2n) is 9.56. The molecule has 4 rings (SSSR count). The van der Waals surface area contributed by atoms with E-state index in [1.165, 1.54) is 18.6 Å². The predicted molar refractivity (Wildman–Crippen MR) is 151 cm³/mol. The fraction of sp³-hybridized carbons (Fsp3) is 0.333. The van der Waals surface area contributed by atoms with Crippen molar-refractivity contribution < 1.29 is 18.7 Å². The van der Waals surface area contributed by atoms with E-state index in [9.17, 15) is 14.0 Å². The molecule has 38 heavy (non-hydrogen) atoms. The van der Waals surface area contributed by atoms with E-state index in [4.69, 9.17) is 16.3 Å². The minimum absolute atomic E-state index is 0.0959. The van der Waals surface area contributed by atoms with E-state index in [1.54, 1.807) is 35.2 Å². The van der Waals surface area contributed by atoms with Gasteiger partial charge in [0.15, 0.2) is 6.61 Å². The second kappa shape index (κ2) is 13.8. The van der Waals surface area contributed by atoms with E-state index in [2.05, 4.69) is 21.2 Å². The van der Waals surface area contributed by atoms with Crippen LogP contribution >= 0.6 is 27.5 Å². The van der Waals surface area contributed by atoms with Gasteiger partial charge in [0.25, 0.3) is 5.91 Å². The minimum atomic E-state index is -0.769. The lowest BCUT2D eigenvalue weighted by molar-refractivity contribution is -0.143. The number of halogens is 3. The van der Waals surface area contributed by atoms with Gasteiger partial charge in [-0.25, -0.2) is 4.39 Å². The van der Waals surface area contributed by atoms with Crippen molar-refractivity contribution in [3.05, 3.63) is 99.2 Å². The number of hydrogen-bond donors (Lipinski definition) is 1. The highest BCUT2D eigenvalue weighted by Gasteiger charge is 2.32. The lowest BCUT2D eigenvalue weighted by atomic mass is 9.94. The topological polar surface area (TPSA) is 58.6 Å². The number of rotatable bonds is 10. The summed E-state index contributed by atoms with van der Waals surface area (Å²) in [6.45, 7) is -0.136. The molecule has 5 nitrogen and oxygen atoms in total. The van der Waals surface area contributed by atoms with Gasteiger partial charge in [0, 0.05) is 24.0 Å². The van der Waals surface area contributed by atoms with E-state index in [1.807, 2.05) is 30.3 Å². The third-order valence-electron chi connectivity index (χ3n) is 6.73. The van der Waals surface area contributed by atoms with Gasteiger partial charge in [-0.3, -0.25) is 9.59 Å². The highest BCUT2D eigenvalue weighted by molar-refractivity contribution is 9.10. The molecule has 0 bridgehead atoms. The van der Waals surface area contributed by atoms with Crippen LogP contribution in [-0.4, -0.2) is 35.4 Å². The summed E-state index contributed by atoms with van der Waals surface area (Å²) in [5.74, 6) is -0.436. The minimum Gasteiger partial charge on any atom is -0.483 e. The molecule has 200 valence electrons. The fourth-order valence-corrected chi connectivity index (χ4v) is 5.50. The first-order valence-electron chi connectivity index (χ1n) is 12.8. The monoisotopic (exact) mass is 600 g/mol. The number of carbonyl (C=O) groups is 2. The van der Waals surface area contributed by atoms with Gasteiger partial charge >= 0.3 is 0 Å². The highest BCUT2D eigenvalue weighted by Crippen LogP contribution is 2.28. The van der Waals surface area contributed by atoms with Crippen molar-refractivity contribution in [2.45, 2.75) is 57.2 Å². The highest BCUT2D eigenvalue weighted by atomic mass is 79.9. The summed E-state index contributed by atoms with van der Waals surface area (Å²) in [4.78, 5) is 29.0. The first-order chi connectivity index (χ1) is 18.4. The molecule has 0 saturated heterocycles. The Balaban J connectivity index is 1.61. The SMILES string of the molecule is O=C(NC1CCCCC1)[C@@H](Cc1ccccc1)N(Cc1ccc(F)cc1)C(=O)COc1ccc(Cl)cc1Br. The predicted octanol–water partition coefficient (Wildman–Crippen LogP) is 6.71. The van der Waals surface area contributed by atoms with Crippen LogP contribution in [0.2, 0.25) is 5.02 Å². The van der Waals surface area contributed by atoms with E-state index >= 15 is 0 Å². The molecule has 0 heterocycles. The van der Waals surface area contributed by atoms with Crippen molar-refractivity contribution in [1.29, 1.82) is 0 Å². The lowest BCUT2D eigenvalue weighted by Crippen LogP contribution is -2.53. The van der Waals surface area contributed by atoms with Crippen LogP contribution in [0.25, 0.3) is 0 Å². The summed E-state index contributed by atoms with van der Waals surface area (Å²) in [5.41, 5.74) is 1.66. The summed E-state index contributed by atoms with van der Waals surface area (Å²) in [7, 11) is 0. The summed E-state index contributed by atoms with van der Waals surface area (Å²) in [5, 5.41) is 3.74. The number of amides is 2. The Morgan fingerprint density at radius 3 is 2.39 bits per heavy atom. The van der Waals surface area contributed by atoms with Crippen LogP contribution in [0.1, 0.15) is 43.2 Å². The zero-order chi connectivity index (χ0) is 26.9. The van der Waals surface area contributed by atoms with Gasteiger partial charge in [-0.1, -0.05) is 73.3 Å². The molecule has 1 saturated carbocycles. The number of carbonyl (C=O) groups excluding carboxylic acids is 2. The molecule has 3 aromatic carbocycles. The third-order valence-corrected chi connectivity index (χ3v) is 7.59. The largest absolute Gasteiger partial charge is 0.483 e. The molecule has 0 spiro atoms. The summed E-state index contributed by atoms with van der Waals surface area (Å²) >= 11 is 9.45. The first kappa shape index (κ1) is 28.1. The Bertz CT molecular complexity index is 1220. The molecule has 1 atom stereocenters. The van der Waals surface area contributed by atoms with Crippen LogP contribution in [0.15, 0.2) is 77.3 Å². The van der Waals surface area contributed by atoms with Gasteiger partial charge in [-0.05, 0) is 70.2 Å². The van der Waals surface area contributed by atoms with Gasteiger partial charge in [-0.2, -0.15) is 0 Å². The summed E-state index contributed by atoms with van der Waals surface area (Å²) in [6, 6.07) is 20.0. The molecular weight excluding hydrogens is 571 g/mol. The molecule has 1 aliphatic rings. The lowest BCUT2D eigenvalue weighted by Gasteiger charge is -2.33. The van der Waals surface area contributed by atoms with E-state index in [-0.39, 0.29) is 36.8 Å². The molecular formula is C30H31BrClFN2O3. The second-order valence-corrected chi connectivity index (χ2v) is 10.9. The summed E-state index contributed by atoms with van der Waals surface area (Å²) in [6.07, 6.45) is 5.54. The van der Waals surface area contributed by atoms with E-state index in [0.29, 0.717) is 21.7 Å². The molecule has 3 aromatic rings. The standard InChI is InChI=1S/C30H31BrClFN2O3/c31-26-18-23(32)13-16-28(26)38-20-29(36)35(19-22-11-14-24(33)15-12-22)27(17-21-7-3-1-4-8-21)30(37)34-25-9-5-2-6-10-25/h1,3-4,7-8,11-16,18,25,27H,2,5-6,9-10,17,19-20H2,(H,34,37)/t27-/m1/s1. The zero-order valence-electron chi connectivity index (χ0n) is 21.0. The number of nitrogens with one attached hydrogen (secondary N) is 1. The number of benzene rings is 3. The van der Waals surface area contributed by atoms with Crippen molar-refractivity contribution in [2.24, 2.45) is 0 Å². The Labute approximate surface area is 236 Å². The van der Waals surface area contributed by atoms with Gasteiger partial charge in [0.1, 0.15) is 17.6 Å². The summed E-state index contributed by atoms with van der Waals surface area (Å²) < 4.78 is 20.1. The number of ether oxygens (including phenoxy) is 1. The Hall–Kier alpha value is -2.90. The fourth-order valence-electron chi connectivity index (χ4n) is 4.70. The smallest absolute Gasteiger partial charge is 0.261 e. The molecule has 0 unspecified atom stereocenters. The van der Waals surface area contributed by atoms with Crippen molar-refractivity contribution in [2.75, 3.05) is 6.61 Å². The molecule has 1 fully saturated rings. The van der Waals surface area contributed by atoms with E-state index < -0.39 is 6.04 Å². The van der Waals surface area contributed by atoms with Crippen molar-refractivity contribution >= 4 is 39.3 Å².